The molecule has 1 aromatic carbocycles. The molecular formula is C22H20N6O2S. The number of carboxylic acids is 1. The Morgan fingerprint density at radius 2 is 2.03 bits per heavy atom. The fourth-order valence-corrected chi connectivity index (χ4v) is 4.65. The Kier molecular flexibility index (Phi) is 4.74. The molecular weight excluding hydrogens is 412 g/mol. The molecule has 0 fully saturated rings. The zero-order valence-corrected chi connectivity index (χ0v) is 17.9. The van der Waals surface area contributed by atoms with Crippen LogP contribution in [0.1, 0.15) is 33.6 Å². The number of hydrogen-bond donors (Lipinski definition) is 2. The van der Waals surface area contributed by atoms with Crippen molar-refractivity contribution in [2.75, 3.05) is 16.8 Å². The molecule has 3 aromatic heterocycles. The first-order valence-electron chi connectivity index (χ1n) is 9.98. The minimum absolute atomic E-state index is 0.0127. The van der Waals surface area contributed by atoms with E-state index in [1.165, 1.54) is 11.6 Å². The maximum Gasteiger partial charge on any atom is 0.354 e. The third-order valence-corrected chi connectivity index (χ3v) is 6.34. The minimum atomic E-state index is -1.05. The molecule has 9 heteroatoms. The SMILES string of the molecule is Cc1ccc2sc(Nc3nnc4c(c3C)CCCN4c3cccc(C(=O)O)n3)nc2c1. The van der Waals surface area contributed by atoms with E-state index in [4.69, 9.17) is 0 Å². The molecule has 1 aliphatic heterocycles. The number of pyridine rings is 1. The molecule has 5 rings (SSSR count). The molecule has 2 N–H and O–H groups in total. The third-order valence-electron chi connectivity index (χ3n) is 5.39. The predicted molar refractivity (Wildman–Crippen MR) is 121 cm³/mol. The van der Waals surface area contributed by atoms with Crippen LogP contribution in [0.2, 0.25) is 0 Å². The molecule has 0 aliphatic carbocycles. The van der Waals surface area contributed by atoms with Gasteiger partial charge >= 0.3 is 5.97 Å². The lowest BCUT2D eigenvalue weighted by atomic mass is 10.0. The largest absolute Gasteiger partial charge is 0.477 e. The minimum Gasteiger partial charge on any atom is -0.477 e. The number of aromatic nitrogens is 4. The second-order valence-corrected chi connectivity index (χ2v) is 8.56. The van der Waals surface area contributed by atoms with Crippen LogP contribution in [0.15, 0.2) is 36.4 Å². The van der Waals surface area contributed by atoms with Gasteiger partial charge < -0.3 is 15.3 Å². The van der Waals surface area contributed by atoms with Gasteiger partial charge in [-0.3, -0.25) is 0 Å². The van der Waals surface area contributed by atoms with Crippen LogP contribution < -0.4 is 10.2 Å². The van der Waals surface area contributed by atoms with Crippen LogP contribution >= 0.6 is 11.3 Å². The number of carboxylic acid groups (broad SMARTS) is 1. The summed E-state index contributed by atoms with van der Waals surface area (Å²) in [5.74, 6) is 0.927. The summed E-state index contributed by atoms with van der Waals surface area (Å²) in [7, 11) is 0. The number of rotatable bonds is 4. The Balaban J connectivity index is 1.49. The Bertz CT molecular complexity index is 1320. The Labute approximate surface area is 182 Å². The lowest BCUT2D eigenvalue weighted by Gasteiger charge is -2.30. The van der Waals surface area contributed by atoms with Gasteiger partial charge in [0.05, 0.1) is 10.2 Å². The molecule has 31 heavy (non-hydrogen) atoms. The molecule has 0 spiro atoms. The van der Waals surface area contributed by atoms with Crippen molar-refractivity contribution in [2.24, 2.45) is 0 Å². The molecule has 1 aliphatic rings. The number of carbonyl (C=O) groups is 1. The highest BCUT2D eigenvalue weighted by atomic mass is 32.1. The number of aryl methyl sites for hydroxylation is 1. The topological polar surface area (TPSA) is 104 Å². The lowest BCUT2D eigenvalue weighted by Crippen LogP contribution is -2.28. The molecule has 156 valence electrons. The number of aromatic carboxylic acids is 1. The van der Waals surface area contributed by atoms with Gasteiger partial charge in [-0.15, -0.1) is 10.2 Å². The maximum atomic E-state index is 11.3. The van der Waals surface area contributed by atoms with Gasteiger partial charge in [-0.25, -0.2) is 14.8 Å². The Hall–Kier alpha value is -3.59. The van der Waals surface area contributed by atoms with E-state index >= 15 is 0 Å². The van der Waals surface area contributed by atoms with Gasteiger partial charge in [0.1, 0.15) is 5.82 Å². The fourth-order valence-electron chi connectivity index (χ4n) is 3.81. The van der Waals surface area contributed by atoms with Crippen LogP contribution in [-0.4, -0.2) is 37.8 Å². The third kappa shape index (κ3) is 3.57. The van der Waals surface area contributed by atoms with Crippen molar-refractivity contribution >= 4 is 50.1 Å². The average Bonchev–Trinajstić information content (AvgIpc) is 3.17. The summed E-state index contributed by atoms with van der Waals surface area (Å²) in [6.45, 7) is 4.79. The molecule has 0 unspecified atom stereocenters. The van der Waals surface area contributed by atoms with Crippen LogP contribution in [-0.2, 0) is 6.42 Å². The smallest absolute Gasteiger partial charge is 0.354 e. The quantitative estimate of drug-likeness (QED) is 0.481. The first-order chi connectivity index (χ1) is 15.0. The van der Waals surface area contributed by atoms with E-state index in [-0.39, 0.29) is 5.69 Å². The van der Waals surface area contributed by atoms with Gasteiger partial charge in [0.15, 0.2) is 22.5 Å². The molecule has 0 bridgehead atoms. The summed E-state index contributed by atoms with van der Waals surface area (Å²) in [6.07, 6.45) is 1.79. The number of hydrogen-bond acceptors (Lipinski definition) is 8. The lowest BCUT2D eigenvalue weighted by molar-refractivity contribution is 0.0690. The number of nitrogens with one attached hydrogen (secondary N) is 1. The zero-order chi connectivity index (χ0) is 21.5. The van der Waals surface area contributed by atoms with Crippen molar-refractivity contribution in [1.82, 2.24) is 20.2 Å². The van der Waals surface area contributed by atoms with Crippen LogP contribution in [0.3, 0.4) is 0 Å². The van der Waals surface area contributed by atoms with Crippen LogP contribution in [0.5, 0.6) is 0 Å². The van der Waals surface area contributed by atoms with E-state index in [9.17, 15) is 9.90 Å². The number of fused-ring (bicyclic) bond motifs is 2. The standard InChI is InChI=1S/C22H20N6O2S/c1-12-8-9-17-16(11-12)24-22(31-17)25-19-13(2)14-5-4-10-28(20(14)27-26-19)18-7-3-6-15(23-18)21(29)30/h3,6-9,11H,4-5,10H2,1-2H3,(H,29,30)(H,24,25,26). The van der Waals surface area contributed by atoms with Gasteiger partial charge in [0, 0.05) is 17.7 Å². The van der Waals surface area contributed by atoms with E-state index in [1.54, 1.807) is 23.5 Å². The summed E-state index contributed by atoms with van der Waals surface area (Å²) in [6, 6.07) is 11.2. The number of benzene rings is 1. The molecule has 8 nitrogen and oxygen atoms in total. The Morgan fingerprint density at radius 3 is 2.87 bits per heavy atom. The van der Waals surface area contributed by atoms with Gasteiger partial charge in [-0.1, -0.05) is 23.5 Å². The summed E-state index contributed by atoms with van der Waals surface area (Å²) < 4.78 is 1.12. The highest BCUT2D eigenvalue weighted by Crippen LogP contribution is 2.36. The van der Waals surface area contributed by atoms with Gasteiger partial charge in [0.2, 0.25) is 0 Å². The summed E-state index contributed by atoms with van der Waals surface area (Å²) in [5.41, 5.74) is 4.25. The second-order valence-electron chi connectivity index (χ2n) is 7.53. The van der Waals surface area contributed by atoms with E-state index in [0.717, 1.165) is 45.1 Å². The first-order valence-corrected chi connectivity index (χ1v) is 10.8. The monoisotopic (exact) mass is 432 g/mol. The van der Waals surface area contributed by atoms with E-state index in [2.05, 4.69) is 50.6 Å². The van der Waals surface area contributed by atoms with Gasteiger partial charge in [0.25, 0.3) is 0 Å². The van der Waals surface area contributed by atoms with E-state index in [0.29, 0.717) is 18.2 Å². The van der Waals surface area contributed by atoms with Gasteiger partial charge in [-0.2, -0.15) is 0 Å². The van der Waals surface area contributed by atoms with Crippen molar-refractivity contribution in [3.8, 4) is 0 Å². The summed E-state index contributed by atoms with van der Waals surface area (Å²) in [4.78, 5) is 22.2. The fraction of sp³-hybridized carbons (Fsp3) is 0.227. The first kappa shape index (κ1) is 19.4. The van der Waals surface area contributed by atoms with E-state index in [1.807, 2.05) is 11.8 Å². The highest BCUT2D eigenvalue weighted by molar-refractivity contribution is 7.22. The van der Waals surface area contributed by atoms with Crippen molar-refractivity contribution in [1.29, 1.82) is 0 Å². The molecule has 0 radical (unpaired) electrons. The molecule has 0 saturated heterocycles. The van der Waals surface area contributed by atoms with Crippen LogP contribution in [0.25, 0.3) is 10.2 Å². The molecule has 0 atom stereocenters. The number of thiazole rings is 1. The maximum absolute atomic E-state index is 11.3. The van der Waals surface area contributed by atoms with Crippen molar-refractivity contribution in [2.45, 2.75) is 26.7 Å². The van der Waals surface area contributed by atoms with Crippen molar-refractivity contribution in [3.63, 3.8) is 0 Å². The normalized spacial score (nSPS) is 13.3. The number of anilines is 4. The molecule has 4 heterocycles. The summed E-state index contributed by atoms with van der Waals surface area (Å²) >= 11 is 1.58. The van der Waals surface area contributed by atoms with Crippen molar-refractivity contribution < 1.29 is 9.90 Å². The van der Waals surface area contributed by atoms with E-state index < -0.39 is 5.97 Å². The Morgan fingerprint density at radius 1 is 1.16 bits per heavy atom. The van der Waals surface area contributed by atoms with Crippen LogP contribution in [0.4, 0.5) is 22.6 Å². The van der Waals surface area contributed by atoms with Gasteiger partial charge in [-0.05, 0) is 56.5 Å². The zero-order valence-electron chi connectivity index (χ0n) is 17.1. The predicted octanol–water partition coefficient (Wildman–Crippen LogP) is 4.62. The van der Waals surface area contributed by atoms with Crippen molar-refractivity contribution in [3.05, 3.63) is 58.8 Å². The number of nitrogens with zero attached hydrogens (tertiary/aromatic N) is 5. The highest BCUT2D eigenvalue weighted by Gasteiger charge is 2.25. The molecule has 4 aromatic rings. The summed E-state index contributed by atoms with van der Waals surface area (Å²) in [5, 5.41) is 22.3. The molecule has 0 amide bonds. The second kappa shape index (κ2) is 7.59. The average molecular weight is 433 g/mol. The molecule has 0 saturated carbocycles. The van der Waals surface area contributed by atoms with Crippen LogP contribution in [0, 0.1) is 13.8 Å².